The monoisotopic (exact) mass is 147 g/mol. The van der Waals surface area contributed by atoms with Gasteiger partial charge in [-0.15, -0.1) is 6.58 Å². The van der Waals surface area contributed by atoms with Crippen molar-refractivity contribution in [1.29, 1.82) is 5.26 Å². The van der Waals surface area contributed by atoms with E-state index < -0.39 is 7.60 Å². The molecule has 50 valence electrons. The van der Waals surface area contributed by atoms with E-state index in [1.807, 2.05) is 0 Å². The Balaban J connectivity index is 3.77. The summed E-state index contributed by atoms with van der Waals surface area (Å²) in [5, 5.41) is 7.90. The van der Waals surface area contributed by atoms with Crippen LogP contribution in [0.1, 0.15) is 0 Å². The molecule has 0 radical (unpaired) electrons. The Labute approximate surface area is 52.9 Å². The maximum Gasteiger partial charge on any atom is 0.429 e. The van der Waals surface area contributed by atoms with Gasteiger partial charge in [0.05, 0.1) is 6.61 Å². The third kappa shape index (κ3) is 3.92. The van der Waals surface area contributed by atoms with Gasteiger partial charge in [-0.3, -0.25) is 4.52 Å². The first-order chi connectivity index (χ1) is 4.12. The molecule has 1 atom stereocenters. The summed E-state index contributed by atoms with van der Waals surface area (Å²) in [7, 11) is -3.96. The summed E-state index contributed by atoms with van der Waals surface area (Å²) in [6.07, 6.45) is 1.29. The van der Waals surface area contributed by atoms with Gasteiger partial charge in [0.25, 0.3) is 0 Å². The summed E-state index contributed by atoms with van der Waals surface area (Å²) in [6.45, 7) is 3.15. The quantitative estimate of drug-likeness (QED) is 0.474. The number of nitriles is 1. The lowest BCUT2D eigenvalue weighted by Crippen LogP contribution is -1.85. The van der Waals surface area contributed by atoms with Crippen molar-refractivity contribution in [3.05, 3.63) is 12.7 Å². The van der Waals surface area contributed by atoms with Crippen molar-refractivity contribution in [2.75, 3.05) is 6.61 Å². The van der Waals surface area contributed by atoms with Crippen LogP contribution in [0.15, 0.2) is 12.7 Å². The summed E-state index contributed by atoms with van der Waals surface area (Å²) in [6, 6.07) is 0. The van der Waals surface area contributed by atoms with Crippen LogP contribution in [-0.4, -0.2) is 11.5 Å². The molecule has 5 heteroatoms. The van der Waals surface area contributed by atoms with E-state index >= 15 is 0 Å². The summed E-state index contributed by atoms with van der Waals surface area (Å²) < 4.78 is 14.4. The molecule has 0 fully saturated rings. The molecule has 4 nitrogen and oxygen atoms in total. The van der Waals surface area contributed by atoms with E-state index in [1.165, 1.54) is 6.08 Å². The number of rotatable bonds is 3. The van der Waals surface area contributed by atoms with Gasteiger partial charge in [0.1, 0.15) is 0 Å². The minimum atomic E-state index is -3.96. The molecular weight excluding hydrogens is 141 g/mol. The van der Waals surface area contributed by atoms with Gasteiger partial charge in [-0.05, 0) is 0 Å². The highest BCUT2D eigenvalue weighted by Crippen LogP contribution is 2.39. The number of nitrogens with zero attached hydrogens (tertiary/aromatic N) is 1. The van der Waals surface area contributed by atoms with E-state index in [4.69, 9.17) is 10.2 Å². The molecule has 0 amide bonds. The Morgan fingerprint density at radius 1 is 2.00 bits per heavy atom. The van der Waals surface area contributed by atoms with Crippen molar-refractivity contribution >= 4 is 7.60 Å². The first kappa shape index (κ1) is 8.38. The Bertz CT molecular complexity index is 183. The van der Waals surface area contributed by atoms with Crippen LogP contribution >= 0.6 is 7.60 Å². The van der Waals surface area contributed by atoms with Crippen LogP contribution in [0.2, 0.25) is 0 Å². The van der Waals surface area contributed by atoms with Crippen LogP contribution in [0.4, 0.5) is 0 Å². The highest BCUT2D eigenvalue weighted by atomic mass is 31.2. The van der Waals surface area contributed by atoms with Gasteiger partial charge < -0.3 is 4.89 Å². The molecule has 1 N–H and O–H groups in total. The van der Waals surface area contributed by atoms with E-state index in [2.05, 4.69) is 11.1 Å². The molecule has 0 saturated carbocycles. The van der Waals surface area contributed by atoms with Gasteiger partial charge in [0, 0.05) is 0 Å². The second kappa shape index (κ2) is 3.41. The fourth-order valence-corrected chi connectivity index (χ4v) is 0.548. The lowest BCUT2D eigenvalue weighted by molar-refractivity contribution is 0.299. The lowest BCUT2D eigenvalue weighted by Gasteiger charge is -1.98. The van der Waals surface area contributed by atoms with Crippen LogP contribution in [0, 0.1) is 11.1 Å². The normalized spacial score (nSPS) is 15.6. The molecule has 9 heavy (non-hydrogen) atoms. The molecule has 0 aliphatic rings. The molecule has 0 aromatic rings. The van der Waals surface area contributed by atoms with Gasteiger partial charge >= 0.3 is 7.60 Å². The molecule has 0 saturated heterocycles. The minimum absolute atomic E-state index is 0.0820. The summed E-state index contributed by atoms with van der Waals surface area (Å²) in [5.41, 5.74) is 0. The third-order valence-electron chi connectivity index (χ3n) is 0.494. The SMILES string of the molecule is C=CCOP(=O)(O)C#N. The van der Waals surface area contributed by atoms with Gasteiger partial charge in [-0.2, -0.15) is 5.26 Å². The zero-order chi connectivity index (χ0) is 7.33. The Kier molecular flexibility index (Phi) is 3.18. The Morgan fingerprint density at radius 3 is 2.89 bits per heavy atom. The first-order valence-electron chi connectivity index (χ1n) is 2.12. The van der Waals surface area contributed by atoms with Crippen LogP contribution in [0.3, 0.4) is 0 Å². The second-order valence-electron chi connectivity index (χ2n) is 1.20. The van der Waals surface area contributed by atoms with E-state index in [-0.39, 0.29) is 6.61 Å². The lowest BCUT2D eigenvalue weighted by atomic mass is 10.7. The maximum absolute atomic E-state index is 10.3. The van der Waals surface area contributed by atoms with Crippen molar-refractivity contribution in [3.63, 3.8) is 0 Å². The number of hydrogen-bond donors (Lipinski definition) is 1. The van der Waals surface area contributed by atoms with Crippen LogP contribution < -0.4 is 0 Å². The smallest absolute Gasteiger partial charge is 0.314 e. The molecule has 0 bridgehead atoms. The zero-order valence-corrected chi connectivity index (χ0v) is 5.54. The molecular formula is C4H6NO3P. The van der Waals surface area contributed by atoms with Gasteiger partial charge in [-0.1, -0.05) is 6.08 Å². The van der Waals surface area contributed by atoms with E-state index in [1.54, 1.807) is 0 Å². The van der Waals surface area contributed by atoms with Crippen molar-refractivity contribution in [1.82, 2.24) is 0 Å². The summed E-state index contributed by atoms with van der Waals surface area (Å²) in [4.78, 5) is 8.38. The van der Waals surface area contributed by atoms with Crippen LogP contribution in [-0.2, 0) is 9.09 Å². The molecule has 0 aromatic heterocycles. The predicted octanol–water partition coefficient (Wildman–Crippen LogP) is 0.855. The van der Waals surface area contributed by atoms with Gasteiger partial charge in [-0.25, -0.2) is 4.57 Å². The highest BCUT2D eigenvalue weighted by molar-refractivity contribution is 7.58. The highest BCUT2D eigenvalue weighted by Gasteiger charge is 2.15. The van der Waals surface area contributed by atoms with E-state index in [9.17, 15) is 4.57 Å². The topological polar surface area (TPSA) is 70.3 Å². The molecule has 0 aliphatic heterocycles. The van der Waals surface area contributed by atoms with Gasteiger partial charge in [0.2, 0.25) is 0 Å². The van der Waals surface area contributed by atoms with Crippen molar-refractivity contribution < 1.29 is 14.0 Å². The van der Waals surface area contributed by atoms with Crippen LogP contribution in [0.5, 0.6) is 0 Å². The predicted molar refractivity (Wildman–Crippen MR) is 31.6 cm³/mol. The van der Waals surface area contributed by atoms with Crippen molar-refractivity contribution in [3.8, 4) is 5.81 Å². The molecule has 0 aromatic carbocycles. The molecule has 0 rings (SSSR count). The third-order valence-corrected chi connectivity index (χ3v) is 1.25. The van der Waals surface area contributed by atoms with E-state index in [0.717, 1.165) is 5.81 Å². The molecule has 0 aliphatic carbocycles. The first-order valence-corrected chi connectivity index (χ1v) is 3.70. The largest absolute Gasteiger partial charge is 0.429 e. The Morgan fingerprint density at radius 2 is 2.56 bits per heavy atom. The number of hydrogen-bond acceptors (Lipinski definition) is 3. The zero-order valence-electron chi connectivity index (χ0n) is 4.65. The average Bonchev–Trinajstić information content (AvgIpc) is 1.84. The summed E-state index contributed by atoms with van der Waals surface area (Å²) in [5.74, 6) is 1.12. The maximum atomic E-state index is 10.3. The molecule has 0 spiro atoms. The van der Waals surface area contributed by atoms with Crippen molar-refractivity contribution in [2.24, 2.45) is 0 Å². The molecule has 0 heterocycles. The minimum Gasteiger partial charge on any atom is -0.314 e. The summed E-state index contributed by atoms with van der Waals surface area (Å²) >= 11 is 0. The molecule has 1 unspecified atom stereocenters. The van der Waals surface area contributed by atoms with Crippen molar-refractivity contribution in [2.45, 2.75) is 0 Å². The van der Waals surface area contributed by atoms with E-state index in [0.29, 0.717) is 0 Å². The standard InChI is InChI=1S/C4H6NO3P/c1-2-3-8-9(6,7)4-5/h2H,1,3H2,(H,6,7). The fourth-order valence-electron chi connectivity index (χ4n) is 0.183. The average molecular weight is 147 g/mol. The van der Waals surface area contributed by atoms with Gasteiger partial charge in [0.15, 0.2) is 5.81 Å². The fraction of sp³-hybridized carbons (Fsp3) is 0.250. The second-order valence-corrected chi connectivity index (χ2v) is 2.70. The Hall–Kier alpha value is -0.620. The van der Waals surface area contributed by atoms with Crippen LogP contribution in [0.25, 0.3) is 0 Å².